The highest BCUT2D eigenvalue weighted by molar-refractivity contribution is 7.09. The minimum absolute atomic E-state index is 0.693. The van der Waals surface area contributed by atoms with Crippen LogP contribution in [0.3, 0.4) is 0 Å². The first-order chi connectivity index (χ1) is 12.2. The molecule has 0 fully saturated rings. The average Bonchev–Trinajstić information content (AvgIpc) is 3.35. The number of furan rings is 1. The molecular weight excluding hydrogens is 332 g/mol. The number of hydrogen-bond acceptors (Lipinski definition) is 3. The molecule has 6 heteroatoms. The quantitative estimate of drug-likeness (QED) is 0.521. The first-order valence-corrected chi connectivity index (χ1v) is 9.25. The Balaban J connectivity index is 1.64. The van der Waals surface area contributed by atoms with Gasteiger partial charge >= 0.3 is 0 Å². The molecule has 3 rings (SSSR count). The Hall–Kier alpha value is -2.47. The SMILES string of the molecule is CN(Cc1cccn1C)C(=NCc1cccs1)NCCc1ccco1. The predicted molar refractivity (Wildman–Crippen MR) is 103 cm³/mol. The molecule has 25 heavy (non-hydrogen) atoms. The van der Waals surface area contributed by atoms with E-state index in [-0.39, 0.29) is 0 Å². The first kappa shape index (κ1) is 17.4. The smallest absolute Gasteiger partial charge is 0.194 e. The highest BCUT2D eigenvalue weighted by Gasteiger charge is 2.09. The van der Waals surface area contributed by atoms with Crippen molar-refractivity contribution >= 4 is 17.3 Å². The maximum atomic E-state index is 5.40. The molecular formula is C19H24N4OS. The van der Waals surface area contributed by atoms with Crippen molar-refractivity contribution in [2.75, 3.05) is 13.6 Å². The van der Waals surface area contributed by atoms with Crippen LogP contribution in [0.25, 0.3) is 0 Å². The van der Waals surface area contributed by atoms with Gasteiger partial charge in [0.2, 0.25) is 0 Å². The largest absolute Gasteiger partial charge is 0.469 e. The topological polar surface area (TPSA) is 45.7 Å². The van der Waals surface area contributed by atoms with E-state index in [1.54, 1.807) is 17.6 Å². The summed E-state index contributed by atoms with van der Waals surface area (Å²) in [7, 11) is 4.14. The standard InChI is InChI=1S/C19H24N4OS/c1-22-11-3-6-16(22)15-23(2)19(21-14-18-8-5-13-25-18)20-10-9-17-7-4-12-24-17/h3-8,11-13H,9-10,14-15H2,1-2H3,(H,20,21). The molecule has 132 valence electrons. The zero-order valence-corrected chi connectivity index (χ0v) is 15.5. The van der Waals surface area contributed by atoms with Gasteiger partial charge in [0.15, 0.2) is 5.96 Å². The van der Waals surface area contributed by atoms with Crippen LogP contribution in [0.5, 0.6) is 0 Å². The molecule has 0 saturated heterocycles. The first-order valence-electron chi connectivity index (χ1n) is 8.37. The maximum Gasteiger partial charge on any atom is 0.194 e. The van der Waals surface area contributed by atoms with Crippen LogP contribution in [0.2, 0.25) is 0 Å². The number of rotatable bonds is 7. The molecule has 5 nitrogen and oxygen atoms in total. The molecule has 0 saturated carbocycles. The van der Waals surface area contributed by atoms with Crippen molar-refractivity contribution in [1.82, 2.24) is 14.8 Å². The van der Waals surface area contributed by atoms with E-state index in [0.29, 0.717) is 6.54 Å². The van der Waals surface area contributed by atoms with Gasteiger partial charge in [0.05, 0.1) is 19.4 Å². The molecule has 3 aromatic heterocycles. The fraction of sp³-hybridized carbons (Fsp3) is 0.316. The van der Waals surface area contributed by atoms with Gasteiger partial charge in [-0.2, -0.15) is 0 Å². The summed E-state index contributed by atoms with van der Waals surface area (Å²) in [5.74, 6) is 1.89. The maximum absolute atomic E-state index is 5.40. The Labute approximate surface area is 152 Å². The van der Waals surface area contributed by atoms with Gasteiger partial charge in [-0.25, -0.2) is 4.99 Å². The van der Waals surface area contributed by atoms with Crippen molar-refractivity contribution in [3.63, 3.8) is 0 Å². The summed E-state index contributed by atoms with van der Waals surface area (Å²) in [5.41, 5.74) is 1.25. The van der Waals surface area contributed by atoms with Gasteiger partial charge in [0.25, 0.3) is 0 Å². The molecule has 1 N–H and O–H groups in total. The second-order valence-corrected chi connectivity index (χ2v) is 6.97. The van der Waals surface area contributed by atoms with E-state index < -0.39 is 0 Å². The van der Waals surface area contributed by atoms with Crippen molar-refractivity contribution < 1.29 is 4.42 Å². The number of nitrogens with zero attached hydrogens (tertiary/aromatic N) is 3. The average molecular weight is 356 g/mol. The van der Waals surface area contributed by atoms with Gasteiger partial charge in [0.1, 0.15) is 5.76 Å². The lowest BCUT2D eigenvalue weighted by Gasteiger charge is -2.22. The summed E-state index contributed by atoms with van der Waals surface area (Å²) in [6.07, 6.45) is 4.61. The molecule has 0 spiro atoms. The molecule has 0 aliphatic heterocycles. The highest BCUT2D eigenvalue weighted by Crippen LogP contribution is 2.10. The molecule has 3 heterocycles. The third-order valence-electron chi connectivity index (χ3n) is 4.01. The minimum Gasteiger partial charge on any atom is -0.469 e. The molecule has 0 amide bonds. The summed E-state index contributed by atoms with van der Waals surface area (Å²) in [5, 5.41) is 5.55. The lowest BCUT2D eigenvalue weighted by molar-refractivity contribution is 0.456. The van der Waals surface area contributed by atoms with Crippen molar-refractivity contribution in [3.8, 4) is 0 Å². The van der Waals surface area contributed by atoms with E-state index in [0.717, 1.165) is 31.2 Å². The van der Waals surface area contributed by atoms with Crippen LogP contribution in [0.1, 0.15) is 16.3 Å². The lowest BCUT2D eigenvalue weighted by Crippen LogP contribution is -2.39. The summed E-state index contributed by atoms with van der Waals surface area (Å²) in [4.78, 5) is 8.22. The summed E-state index contributed by atoms with van der Waals surface area (Å²) in [6, 6.07) is 12.3. The van der Waals surface area contributed by atoms with Crippen molar-refractivity contribution in [3.05, 3.63) is 70.6 Å². The Morgan fingerprint density at radius 3 is 2.88 bits per heavy atom. The summed E-state index contributed by atoms with van der Waals surface area (Å²) < 4.78 is 7.54. The van der Waals surface area contributed by atoms with E-state index in [2.05, 4.69) is 64.7 Å². The van der Waals surface area contributed by atoms with E-state index in [1.807, 2.05) is 12.1 Å². The van der Waals surface area contributed by atoms with Gasteiger partial charge in [-0.1, -0.05) is 6.07 Å². The molecule has 0 aromatic carbocycles. The van der Waals surface area contributed by atoms with E-state index in [4.69, 9.17) is 9.41 Å². The number of thiophene rings is 1. The van der Waals surface area contributed by atoms with Crippen LogP contribution in [-0.2, 0) is 26.6 Å². The van der Waals surface area contributed by atoms with Gasteiger partial charge < -0.3 is 19.2 Å². The Bertz CT molecular complexity index is 774. The lowest BCUT2D eigenvalue weighted by atomic mass is 10.3. The fourth-order valence-electron chi connectivity index (χ4n) is 2.60. The molecule has 0 unspecified atom stereocenters. The molecule has 0 radical (unpaired) electrons. The monoisotopic (exact) mass is 356 g/mol. The van der Waals surface area contributed by atoms with Gasteiger partial charge in [-0.3, -0.25) is 0 Å². The molecule has 0 bridgehead atoms. The Morgan fingerprint density at radius 2 is 2.20 bits per heavy atom. The molecule has 0 aliphatic rings. The summed E-state index contributed by atoms with van der Waals surface area (Å²) >= 11 is 1.73. The van der Waals surface area contributed by atoms with Gasteiger partial charge in [0, 0.05) is 43.8 Å². The van der Waals surface area contributed by atoms with Crippen LogP contribution < -0.4 is 5.32 Å². The van der Waals surface area contributed by atoms with Crippen LogP contribution in [0.15, 0.2) is 63.6 Å². The second-order valence-electron chi connectivity index (χ2n) is 5.94. The number of aliphatic imine (C=N–C) groups is 1. The van der Waals surface area contributed by atoms with E-state index in [1.165, 1.54) is 10.6 Å². The normalized spacial score (nSPS) is 11.7. The van der Waals surface area contributed by atoms with Crippen molar-refractivity contribution in [1.29, 1.82) is 0 Å². The van der Waals surface area contributed by atoms with Crippen molar-refractivity contribution in [2.24, 2.45) is 12.0 Å². The van der Waals surface area contributed by atoms with Gasteiger partial charge in [-0.05, 0) is 35.7 Å². The van der Waals surface area contributed by atoms with Gasteiger partial charge in [-0.15, -0.1) is 11.3 Å². The minimum atomic E-state index is 0.693. The molecule has 0 atom stereocenters. The zero-order valence-electron chi connectivity index (χ0n) is 14.7. The zero-order chi connectivity index (χ0) is 17.5. The number of aryl methyl sites for hydroxylation is 1. The third kappa shape index (κ3) is 5.00. The number of aromatic nitrogens is 1. The number of hydrogen-bond donors (Lipinski definition) is 1. The molecule has 3 aromatic rings. The van der Waals surface area contributed by atoms with E-state index >= 15 is 0 Å². The van der Waals surface area contributed by atoms with Crippen molar-refractivity contribution in [2.45, 2.75) is 19.5 Å². The van der Waals surface area contributed by atoms with E-state index in [9.17, 15) is 0 Å². The third-order valence-corrected chi connectivity index (χ3v) is 4.87. The fourth-order valence-corrected chi connectivity index (χ4v) is 3.23. The Morgan fingerprint density at radius 1 is 1.28 bits per heavy atom. The van der Waals surface area contributed by atoms with Crippen LogP contribution in [0, 0.1) is 0 Å². The predicted octanol–water partition coefficient (Wildman–Crippen LogP) is 3.50. The number of nitrogens with one attached hydrogen (secondary N) is 1. The second kappa shape index (κ2) is 8.58. The van der Waals surface area contributed by atoms with Crippen LogP contribution in [-0.4, -0.2) is 29.0 Å². The van der Waals surface area contributed by atoms with Crippen LogP contribution >= 0.6 is 11.3 Å². The highest BCUT2D eigenvalue weighted by atomic mass is 32.1. The summed E-state index contributed by atoms with van der Waals surface area (Å²) in [6.45, 7) is 2.28. The number of guanidine groups is 1. The Kier molecular flexibility index (Phi) is 5.95. The van der Waals surface area contributed by atoms with Crippen LogP contribution in [0.4, 0.5) is 0 Å². The molecule has 0 aliphatic carbocycles.